The standard InChI is InChI=1S/C19H17NO2S/c21-19(22)18-16(13-15-9-5-2-6-10-15)20-17(23-18)12-11-14-7-3-1-4-8-14/h1-10H,11-13H2,(H,21,22). The summed E-state index contributed by atoms with van der Waals surface area (Å²) in [6.07, 6.45) is 2.20. The molecule has 0 atom stereocenters. The van der Waals surface area contributed by atoms with Crippen LogP contribution in [0, 0.1) is 0 Å². The molecule has 0 aliphatic carbocycles. The van der Waals surface area contributed by atoms with E-state index in [1.807, 2.05) is 48.5 Å². The molecule has 0 saturated heterocycles. The number of hydrogen-bond donors (Lipinski definition) is 1. The number of rotatable bonds is 6. The zero-order chi connectivity index (χ0) is 16.1. The lowest BCUT2D eigenvalue weighted by molar-refractivity contribution is 0.0701. The minimum Gasteiger partial charge on any atom is -0.477 e. The smallest absolute Gasteiger partial charge is 0.347 e. The second kappa shape index (κ2) is 7.20. The molecule has 3 aromatic rings. The zero-order valence-electron chi connectivity index (χ0n) is 12.6. The van der Waals surface area contributed by atoms with E-state index in [-0.39, 0.29) is 0 Å². The van der Waals surface area contributed by atoms with Gasteiger partial charge in [-0.05, 0) is 17.5 Å². The van der Waals surface area contributed by atoms with Crippen LogP contribution in [-0.4, -0.2) is 16.1 Å². The van der Waals surface area contributed by atoms with Gasteiger partial charge in [0, 0.05) is 12.8 Å². The maximum atomic E-state index is 11.5. The largest absolute Gasteiger partial charge is 0.477 e. The normalized spacial score (nSPS) is 10.6. The van der Waals surface area contributed by atoms with Crippen molar-refractivity contribution in [1.29, 1.82) is 0 Å². The molecule has 1 aromatic heterocycles. The fourth-order valence-electron chi connectivity index (χ4n) is 2.48. The van der Waals surface area contributed by atoms with Gasteiger partial charge in [0.1, 0.15) is 4.88 Å². The average molecular weight is 323 g/mol. The maximum Gasteiger partial charge on any atom is 0.347 e. The van der Waals surface area contributed by atoms with Gasteiger partial charge in [0.15, 0.2) is 0 Å². The van der Waals surface area contributed by atoms with E-state index < -0.39 is 5.97 Å². The molecule has 0 spiro atoms. The molecule has 0 amide bonds. The van der Waals surface area contributed by atoms with Gasteiger partial charge in [-0.25, -0.2) is 9.78 Å². The quantitative estimate of drug-likeness (QED) is 0.739. The third-order valence-electron chi connectivity index (χ3n) is 3.62. The van der Waals surface area contributed by atoms with Gasteiger partial charge in [-0.2, -0.15) is 0 Å². The van der Waals surface area contributed by atoms with Crippen molar-refractivity contribution in [3.63, 3.8) is 0 Å². The Hall–Kier alpha value is -2.46. The highest BCUT2D eigenvalue weighted by molar-refractivity contribution is 7.13. The van der Waals surface area contributed by atoms with Gasteiger partial charge < -0.3 is 5.11 Å². The highest BCUT2D eigenvalue weighted by Gasteiger charge is 2.17. The molecule has 0 radical (unpaired) electrons. The molecule has 0 fully saturated rings. The Morgan fingerprint density at radius 2 is 1.52 bits per heavy atom. The number of carboxylic acids is 1. The number of carbonyl (C=O) groups is 1. The van der Waals surface area contributed by atoms with Crippen LogP contribution in [0.3, 0.4) is 0 Å². The van der Waals surface area contributed by atoms with Crippen LogP contribution in [-0.2, 0) is 19.3 Å². The first-order chi connectivity index (χ1) is 11.2. The first kappa shape index (κ1) is 15.4. The van der Waals surface area contributed by atoms with Crippen molar-refractivity contribution in [2.45, 2.75) is 19.3 Å². The number of benzene rings is 2. The Morgan fingerprint density at radius 3 is 2.13 bits per heavy atom. The molecule has 116 valence electrons. The van der Waals surface area contributed by atoms with Gasteiger partial charge in [-0.3, -0.25) is 0 Å². The number of thiazole rings is 1. The number of aromatic nitrogens is 1. The van der Waals surface area contributed by atoms with Crippen LogP contribution in [0.25, 0.3) is 0 Å². The summed E-state index contributed by atoms with van der Waals surface area (Å²) >= 11 is 1.30. The van der Waals surface area contributed by atoms with Gasteiger partial charge in [-0.1, -0.05) is 60.7 Å². The summed E-state index contributed by atoms with van der Waals surface area (Å²) < 4.78 is 0. The van der Waals surface area contributed by atoms with E-state index in [0.29, 0.717) is 17.0 Å². The third kappa shape index (κ3) is 4.05. The van der Waals surface area contributed by atoms with Crippen LogP contribution in [0.15, 0.2) is 60.7 Å². The summed E-state index contributed by atoms with van der Waals surface area (Å²) in [5.74, 6) is -0.889. The molecule has 4 heteroatoms. The second-order valence-corrected chi connectivity index (χ2v) is 6.42. The summed E-state index contributed by atoms with van der Waals surface area (Å²) in [6, 6.07) is 20.0. The van der Waals surface area contributed by atoms with Crippen molar-refractivity contribution < 1.29 is 9.90 Å². The number of hydrogen-bond acceptors (Lipinski definition) is 3. The van der Waals surface area contributed by atoms with Crippen LogP contribution >= 0.6 is 11.3 Å². The monoisotopic (exact) mass is 323 g/mol. The Labute approximate surface area is 139 Å². The van der Waals surface area contributed by atoms with Gasteiger partial charge in [0.25, 0.3) is 0 Å². The molecule has 0 bridgehead atoms. The predicted octanol–water partition coefficient (Wildman–Crippen LogP) is 4.22. The lowest BCUT2D eigenvalue weighted by Crippen LogP contribution is -2.00. The fraction of sp³-hybridized carbons (Fsp3) is 0.158. The molecule has 1 N–H and O–H groups in total. The second-order valence-electron chi connectivity index (χ2n) is 5.34. The topological polar surface area (TPSA) is 50.2 Å². The van der Waals surface area contributed by atoms with E-state index in [4.69, 9.17) is 0 Å². The SMILES string of the molecule is O=C(O)c1sc(CCc2ccccc2)nc1Cc1ccccc1. The van der Waals surface area contributed by atoms with Crippen LogP contribution < -0.4 is 0 Å². The van der Waals surface area contributed by atoms with Crippen LogP contribution in [0.4, 0.5) is 0 Å². The van der Waals surface area contributed by atoms with Crippen molar-refractivity contribution in [3.05, 3.63) is 87.4 Å². The molecule has 0 aliphatic rings. The van der Waals surface area contributed by atoms with Crippen molar-refractivity contribution in [1.82, 2.24) is 4.98 Å². The summed E-state index contributed by atoms with van der Waals surface area (Å²) in [4.78, 5) is 16.4. The lowest BCUT2D eigenvalue weighted by atomic mass is 10.1. The minimum absolute atomic E-state index is 0.358. The van der Waals surface area contributed by atoms with E-state index in [0.717, 1.165) is 23.4 Å². The third-order valence-corrected chi connectivity index (χ3v) is 4.77. The van der Waals surface area contributed by atoms with Crippen molar-refractivity contribution in [3.8, 4) is 0 Å². The zero-order valence-corrected chi connectivity index (χ0v) is 13.4. The Bertz CT molecular complexity index is 782. The van der Waals surface area contributed by atoms with E-state index >= 15 is 0 Å². The van der Waals surface area contributed by atoms with Gasteiger partial charge in [0.2, 0.25) is 0 Å². The fourth-order valence-corrected chi connectivity index (χ4v) is 3.40. The van der Waals surface area contributed by atoms with Gasteiger partial charge in [0.05, 0.1) is 10.7 Å². The summed E-state index contributed by atoms with van der Waals surface area (Å²) in [5, 5.41) is 10.3. The predicted molar refractivity (Wildman–Crippen MR) is 92.2 cm³/mol. The Kier molecular flexibility index (Phi) is 4.83. The van der Waals surface area contributed by atoms with Crippen molar-refractivity contribution >= 4 is 17.3 Å². The molecule has 3 nitrogen and oxygen atoms in total. The summed E-state index contributed by atoms with van der Waals surface area (Å²) in [6.45, 7) is 0. The molecule has 0 aliphatic heterocycles. The molecule has 0 unspecified atom stereocenters. The number of aryl methyl sites for hydroxylation is 2. The lowest BCUT2D eigenvalue weighted by Gasteiger charge is -1.99. The van der Waals surface area contributed by atoms with Crippen LogP contribution in [0.1, 0.15) is 31.5 Å². The molecule has 23 heavy (non-hydrogen) atoms. The Morgan fingerprint density at radius 1 is 0.913 bits per heavy atom. The molecule has 3 rings (SSSR count). The van der Waals surface area contributed by atoms with E-state index in [1.165, 1.54) is 16.9 Å². The molecular formula is C19H17NO2S. The Balaban J connectivity index is 1.77. The highest BCUT2D eigenvalue weighted by atomic mass is 32.1. The van der Waals surface area contributed by atoms with E-state index in [9.17, 15) is 9.90 Å². The van der Waals surface area contributed by atoms with Crippen molar-refractivity contribution in [2.24, 2.45) is 0 Å². The first-order valence-corrected chi connectivity index (χ1v) is 8.34. The first-order valence-electron chi connectivity index (χ1n) is 7.52. The molecule has 2 aromatic carbocycles. The van der Waals surface area contributed by atoms with E-state index in [2.05, 4.69) is 17.1 Å². The van der Waals surface area contributed by atoms with Crippen LogP contribution in [0.5, 0.6) is 0 Å². The molecular weight excluding hydrogens is 306 g/mol. The number of aromatic carboxylic acids is 1. The average Bonchev–Trinajstić information content (AvgIpc) is 2.98. The summed E-state index contributed by atoms with van der Waals surface area (Å²) in [7, 11) is 0. The van der Waals surface area contributed by atoms with Gasteiger partial charge >= 0.3 is 5.97 Å². The number of carboxylic acid groups (broad SMARTS) is 1. The minimum atomic E-state index is -0.889. The summed E-state index contributed by atoms with van der Waals surface area (Å²) in [5.41, 5.74) is 2.98. The van der Waals surface area contributed by atoms with Crippen LogP contribution in [0.2, 0.25) is 0 Å². The maximum absolute atomic E-state index is 11.5. The van der Waals surface area contributed by atoms with Gasteiger partial charge in [-0.15, -0.1) is 11.3 Å². The van der Waals surface area contributed by atoms with Crippen molar-refractivity contribution in [2.75, 3.05) is 0 Å². The number of nitrogens with zero attached hydrogens (tertiary/aromatic N) is 1. The molecule has 0 saturated carbocycles. The van der Waals surface area contributed by atoms with E-state index in [1.54, 1.807) is 0 Å². The molecule has 1 heterocycles. The highest BCUT2D eigenvalue weighted by Crippen LogP contribution is 2.23.